The maximum absolute atomic E-state index is 13.1. The number of para-hydroxylation sites is 1. The molecular formula is C25H18N4O3S. The number of nitrogens with one attached hydrogen (secondary N) is 1. The van der Waals surface area contributed by atoms with Crippen LogP contribution in [0.5, 0.6) is 11.5 Å². The lowest BCUT2D eigenvalue weighted by Gasteiger charge is -2.12. The predicted molar refractivity (Wildman–Crippen MR) is 126 cm³/mol. The summed E-state index contributed by atoms with van der Waals surface area (Å²) in [4.78, 5) is 16.6. The van der Waals surface area contributed by atoms with E-state index < -0.39 is 0 Å². The highest BCUT2D eigenvalue weighted by atomic mass is 32.2. The molecule has 1 aliphatic rings. The number of hydrogen-bond donors (Lipinski definition) is 1. The quantitative estimate of drug-likeness (QED) is 0.413. The summed E-state index contributed by atoms with van der Waals surface area (Å²) >= 11 is 1.30. The molecule has 0 bridgehead atoms. The summed E-state index contributed by atoms with van der Waals surface area (Å²) in [6.07, 6.45) is 0. The highest BCUT2D eigenvalue weighted by Gasteiger charge is 2.21. The zero-order chi connectivity index (χ0) is 22.4. The molecule has 5 aromatic rings. The summed E-state index contributed by atoms with van der Waals surface area (Å²) in [5.74, 6) is 2.02. The van der Waals surface area contributed by atoms with Gasteiger partial charge in [-0.2, -0.15) is 0 Å². The van der Waals surface area contributed by atoms with E-state index in [1.54, 1.807) is 6.07 Å². The molecule has 0 aliphatic carbocycles. The van der Waals surface area contributed by atoms with Crippen molar-refractivity contribution in [3.63, 3.8) is 0 Å². The van der Waals surface area contributed by atoms with E-state index in [1.807, 2.05) is 78.2 Å². The molecule has 2 aromatic heterocycles. The predicted octanol–water partition coefficient (Wildman–Crippen LogP) is 4.96. The third-order valence-corrected chi connectivity index (χ3v) is 6.73. The third kappa shape index (κ3) is 3.35. The number of pyridine rings is 1. The molecule has 3 heterocycles. The smallest absolute Gasteiger partial charge is 0.262 e. The van der Waals surface area contributed by atoms with Crippen molar-refractivity contribution in [2.75, 3.05) is 6.79 Å². The van der Waals surface area contributed by atoms with Crippen molar-refractivity contribution < 1.29 is 9.47 Å². The fourth-order valence-electron chi connectivity index (χ4n) is 3.96. The van der Waals surface area contributed by atoms with Crippen molar-refractivity contribution in [1.29, 1.82) is 0 Å². The van der Waals surface area contributed by atoms with Crippen LogP contribution in [0.1, 0.15) is 5.56 Å². The summed E-state index contributed by atoms with van der Waals surface area (Å²) in [6.45, 7) is 2.11. The lowest BCUT2D eigenvalue weighted by molar-refractivity contribution is 0.174. The number of aromatic amines is 1. The van der Waals surface area contributed by atoms with E-state index >= 15 is 0 Å². The Morgan fingerprint density at radius 1 is 0.939 bits per heavy atom. The Balaban J connectivity index is 1.51. The Bertz CT molecular complexity index is 1550. The van der Waals surface area contributed by atoms with E-state index in [4.69, 9.17) is 9.47 Å². The standard InChI is InChI=1S/C25H18N4O3S/c1-15-18-12-20-21(32-14-31-20)13-19(18)26-24(30)22(15)33-25-28-27-23(16-8-4-2-5-9-16)29(25)17-10-6-3-7-11-17/h2-13H,14H2,1H3,(H,26,30). The molecule has 33 heavy (non-hydrogen) atoms. The molecule has 0 amide bonds. The van der Waals surface area contributed by atoms with Crippen molar-refractivity contribution in [1.82, 2.24) is 19.7 Å². The zero-order valence-electron chi connectivity index (χ0n) is 17.6. The van der Waals surface area contributed by atoms with Crippen molar-refractivity contribution in [2.45, 2.75) is 17.0 Å². The summed E-state index contributed by atoms with van der Waals surface area (Å²) in [6, 6.07) is 23.5. The molecule has 0 saturated carbocycles. The van der Waals surface area contributed by atoms with Gasteiger partial charge in [-0.3, -0.25) is 9.36 Å². The first kappa shape index (κ1) is 19.6. The Kier molecular flexibility index (Phi) is 4.66. The Morgan fingerprint density at radius 3 is 2.39 bits per heavy atom. The number of ether oxygens (including phenoxy) is 2. The molecule has 7 nitrogen and oxygen atoms in total. The average molecular weight is 455 g/mol. The van der Waals surface area contributed by atoms with Gasteiger partial charge < -0.3 is 14.5 Å². The van der Waals surface area contributed by atoms with Crippen LogP contribution in [0.4, 0.5) is 0 Å². The topological polar surface area (TPSA) is 82.0 Å². The fraction of sp³-hybridized carbons (Fsp3) is 0.0800. The Hall–Kier alpha value is -4.04. The number of fused-ring (bicyclic) bond motifs is 2. The monoisotopic (exact) mass is 454 g/mol. The second-order valence-electron chi connectivity index (χ2n) is 7.60. The molecule has 6 rings (SSSR count). The largest absolute Gasteiger partial charge is 0.454 e. The minimum Gasteiger partial charge on any atom is -0.454 e. The highest BCUT2D eigenvalue weighted by Crippen LogP contribution is 2.39. The van der Waals surface area contributed by atoms with E-state index in [9.17, 15) is 4.79 Å². The van der Waals surface area contributed by atoms with Gasteiger partial charge in [0.2, 0.25) is 11.9 Å². The first-order valence-corrected chi connectivity index (χ1v) is 11.2. The Morgan fingerprint density at radius 2 is 1.64 bits per heavy atom. The van der Waals surface area contributed by atoms with Gasteiger partial charge in [-0.05, 0) is 42.4 Å². The van der Waals surface area contributed by atoms with E-state index in [0.29, 0.717) is 32.9 Å². The van der Waals surface area contributed by atoms with Crippen LogP contribution in [0.15, 0.2) is 87.6 Å². The molecule has 8 heteroatoms. The number of H-pyrrole nitrogens is 1. The minimum absolute atomic E-state index is 0.180. The van der Waals surface area contributed by atoms with Gasteiger partial charge in [0.15, 0.2) is 17.3 Å². The van der Waals surface area contributed by atoms with E-state index in [0.717, 1.165) is 22.2 Å². The molecular weight excluding hydrogens is 436 g/mol. The first-order chi connectivity index (χ1) is 16.2. The second kappa shape index (κ2) is 7.83. The number of aryl methyl sites for hydroxylation is 1. The normalized spacial score (nSPS) is 12.4. The summed E-state index contributed by atoms with van der Waals surface area (Å²) in [5.41, 5.74) is 3.23. The van der Waals surface area contributed by atoms with Crippen LogP contribution in [-0.2, 0) is 0 Å². The van der Waals surface area contributed by atoms with Gasteiger partial charge in [0.25, 0.3) is 5.56 Å². The molecule has 1 N–H and O–H groups in total. The van der Waals surface area contributed by atoms with E-state index in [1.165, 1.54) is 11.8 Å². The van der Waals surface area contributed by atoms with Gasteiger partial charge in [-0.25, -0.2) is 0 Å². The van der Waals surface area contributed by atoms with Gasteiger partial charge in [-0.15, -0.1) is 10.2 Å². The molecule has 162 valence electrons. The number of nitrogens with zero attached hydrogens (tertiary/aromatic N) is 3. The molecule has 0 saturated heterocycles. The van der Waals surface area contributed by atoms with E-state index in [2.05, 4.69) is 15.2 Å². The second-order valence-corrected chi connectivity index (χ2v) is 8.58. The van der Waals surface area contributed by atoms with Crippen LogP contribution in [0.3, 0.4) is 0 Å². The first-order valence-electron chi connectivity index (χ1n) is 10.4. The summed E-state index contributed by atoms with van der Waals surface area (Å²) in [7, 11) is 0. The SMILES string of the molecule is Cc1c(Sc2nnc(-c3ccccc3)n2-c2ccccc2)c(=O)[nH]c2cc3c(cc12)OCO3. The van der Waals surface area contributed by atoms with Crippen LogP contribution in [-0.4, -0.2) is 26.5 Å². The van der Waals surface area contributed by atoms with Crippen molar-refractivity contribution >= 4 is 22.7 Å². The van der Waals surface area contributed by atoms with Crippen LogP contribution >= 0.6 is 11.8 Å². The molecule has 0 fully saturated rings. The van der Waals surface area contributed by atoms with Crippen molar-refractivity contribution in [2.24, 2.45) is 0 Å². The van der Waals surface area contributed by atoms with Crippen molar-refractivity contribution in [3.8, 4) is 28.6 Å². The lowest BCUT2D eigenvalue weighted by Crippen LogP contribution is -2.11. The number of aromatic nitrogens is 4. The average Bonchev–Trinajstić information content (AvgIpc) is 3.48. The van der Waals surface area contributed by atoms with Crippen LogP contribution < -0.4 is 15.0 Å². The number of benzene rings is 3. The lowest BCUT2D eigenvalue weighted by atomic mass is 10.1. The van der Waals surface area contributed by atoms with Gasteiger partial charge in [0.05, 0.1) is 10.4 Å². The Labute approximate surface area is 193 Å². The van der Waals surface area contributed by atoms with Crippen molar-refractivity contribution in [3.05, 3.63) is 88.7 Å². The third-order valence-electron chi connectivity index (χ3n) is 5.58. The highest BCUT2D eigenvalue weighted by molar-refractivity contribution is 7.99. The molecule has 1 aliphatic heterocycles. The zero-order valence-corrected chi connectivity index (χ0v) is 18.4. The van der Waals surface area contributed by atoms with E-state index in [-0.39, 0.29) is 12.4 Å². The molecule has 3 aromatic carbocycles. The number of hydrogen-bond acceptors (Lipinski definition) is 6. The number of rotatable bonds is 4. The summed E-state index contributed by atoms with van der Waals surface area (Å²) < 4.78 is 13.0. The van der Waals surface area contributed by atoms with Crippen LogP contribution in [0, 0.1) is 6.92 Å². The maximum atomic E-state index is 13.1. The summed E-state index contributed by atoms with van der Waals surface area (Å²) in [5, 5.41) is 10.4. The fourth-order valence-corrected chi connectivity index (χ4v) is 4.92. The minimum atomic E-state index is -0.187. The molecule has 0 unspecified atom stereocenters. The van der Waals surface area contributed by atoms with Crippen LogP contribution in [0.2, 0.25) is 0 Å². The molecule has 0 radical (unpaired) electrons. The van der Waals surface area contributed by atoms with Gasteiger partial charge in [0.1, 0.15) is 0 Å². The van der Waals surface area contributed by atoms with Crippen LogP contribution in [0.25, 0.3) is 28.0 Å². The van der Waals surface area contributed by atoms with Gasteiger partial charge in [0, 0.05) is 22.7 Å². The maximum Gasteiger partial charge on any atom is 0.262 e. The van der Waals surface area contributed by atoms with Gasteiger partial charge >= 0.3 is 0 Å². The molecule has 0 atom stereocenters. The molecule has 0 spiro atoms. The van der Waals surface area contributed by atoms with Gasteiger partial charge in [-0.1, -0.05) is 48.5 Å².